The smallest absolute Gasteiger partial charge is 0.376 e. The molecule has 0 saturated carbocycles. The van der Waals surface area contributed by atoms with E-state index in [2.05, 4.69) is 9.51 Å². The van der Waals surface area contributed by atoms with Crippen molar-refractivity contribution in [1.82, 2.24) is 9.55 Å². The minimum Gasteiger partial charge on any atom is -0.376 e. The molecule has 4 atom stereocenters. The normalized spacial score (nSPS) is 27.2. The summed E-state index contributed by atoms with van der Waals surface area (Å²) in [7, 11) is -3.17. The number of hydrogen-bond donors (Lipinski definition) is 2. The number of phosphoric ester groups is 1. The fourth-order valence-corrected chi connectivity index (χ4v) is 3.35. The molecule has 1 saturated heterocycles. The number of hydrogen-bond acceptors (Lipinski definition) is 7. The molecule has 2 N–H and O–H groups in total. The van der Waals surface area contributed by atoms with Crippen LogP contribution in [0.5, 0.6) is 0 Å². The molecule has 3 unspecified atom stereocenters. The lowest BCUT2D eigenvalue weighted by Gasteiger charge is -2.35. The predicted octanol–water partition coefficient (Wildman–Crippen LogP) is 0.691. The first-order chi connectivity index (χ1) is 11.6. The van der Waals surface area contributed by atoms with Gasteiger partial charge in [0.25, 0.3) is 5.56 Å². The van der Waals surface area contributed by atoms with Crippen molar-refractivity contribution in [2.75, 3.05) is 20.3 Å². The van der Waals surface area contributed by atoms with Gasteiger partial charge in [-0.3, -0.25) is 23.4 Å². The highest BCUT2D eigenvalue weighted by Crippen LogP contribution is 2.48. The maximum Gasteiger partial charge on any atom is 0.472 e. The summed E-state index contributed by atoms with van der Waals surface area (Å²) in [5.74, 6) is 0. The number of nitrogens with one attached hydrogen (secondary N) is 1. The van der Waals surface area contributed by atoms with E-state index in [0.717, 1.165) is 7.11 Å². The number of phosphoric acid groups is 1. The van der Waals surface area contributed by atoms with E-state index in [1.165, 1.54) is 10.8 Å². The van der Waals surface area contributed by atoms with Gasteiger partial charge >= 0.3 is 13.5 Å². The van der Waals surface area contributed by atoms with Crippen LogP contribution in [-0.4, -0.2) is 46.5 Å². The molecule has 142 valence electrons. The summed E-state index contributed by atoms with van der Waals surface area (Å²) in [4.78, 5) is 35.3. The Morgan fingerprint density at radius 1 is 1.56 bits per heavy atom. The van der Waals surface area contributed by atoms with Crippen LogP contribution in [0.4, 0.5) is 0 Å². The topological polar surface area (TPSA) is 129 Å². The number of rotatable bonds is 7. The van der Waals surface area contributed by atoms with Crippen LogP contribution in [0.25, 0.3) is 0 Å². The third-order valence-corrected chi connectivity index (χ3v) is 5.22. The summed E-state index contributed by atoms with van der Waals surface area (Å²) in [6, 6.07) is 0. The Morgan fingerprint density at radius 3 is 2.84 bits per heavy atom. The average Bonchev–Trinajstić information content (AvgIpc) is 2.93. The fraction of sp³-hybridized carbons (Fsp3) is 0.714. The molecule has 0 aliphatic carbocycles. The summed E-state index contributed by atoms with van der Waals surface area (Å²) < 4.78 is 34.0. The predicted molar refractivity (Wildman–Crippen MR) is 87.4 cm³/mol. The lowest BCUT2D eigenvalue weighted by molar-refractivity contribution is -0.156. The number of aromatic amines is 1. The number of ether oxygens (including phenoxy) is 2. The Bertz CT molecular complexity index is 775. The molecule has 11 heteroatoms. The summed E-state index contributed by atoms with van der Waals surface area (Å²) in [5.41, 5.74) is -1.77. The van der Waals surface area contributed by atoms with Crippen molar-refractivity contribution in [2.24, 2.45) is 0 Å². The summed E-state index contributed by atoms with van der Waals surface area (Å²) in [5, 5.41) is 0. The molecule has 1 aliphatic heterocycles. The van der Waals surface area contributed by atoms with Gasteiger partial charge in [-0.1, -0.05) is 6.92 Å². The molecule has 1 aliphatic rings. The van der Waals surface area contributed by atoms with Crippen molar-refractivity contribution in [3.05, 3.63) is 32.6 Å². The van der Waals surface area contributed by atoms with Gasteiger partial charge in [0.1, 0.15) is 17.9 Å². The first-order valence-corrected chi connectivity index (χ1v) is 9.28. The first-order valence-electron chi connectivity index (χ1n) is 7.78. The SMILES string of the molecule is CC[C@]1(OC(C)n2cc(C)c(=O)[nH]c2=O)COCC1OP(=O)(O)OC. The first kappa shape index (κ1) is 20.0. The Hall–Kier alpha value is -1.29. The minimum absolute atomic E-state index is 0.0496. The minimum atomic E-state index is -4.23. The van der Waals surface area contributed by atoms with Gasteiger partial charge in [0.2, 0.25) is 0 Å². The van der Waals surface area contributed by atoms with E-state index in [1.807, 2.05) is 6.92 Å². The molecule has 0 aromatic carbocycles. The molecule has 25 heavy (non-hydrogen) atoms. The number of nitrogens with zero attached hydrogens (tertiary/aromatic N) is 1. The zero-order valence-electron chi connectivity index (χ0n) is 14.6. The van der Waals surface area contributed by atoms with Crippen molar-refractivity contribution in [1.29, 1.82) is 0 Å². The maximum absolute atomic E-state index is 12.0. The molecule has 1 aromatic heterocycles. The van der Waals surface area contributed by atoms with Crippen LogP contribution in [0.2, 0.25) is 0 Å². The van der Waals surface area contributed by atoms with E-state index in [0.29, 0.717) is 12.0 Å². The molecule has 2 heterocycles. The molecule has 1 aromatic rings. The third kappa shape index (κ3) is 4.28. The van der Waals surface area contributed by atoms with Gasteiger partial charge in [-0.25, -0.2) is 9.36 Å². The van der Waals surface area contributed by atoms with E-state index in [-0.39, 0.29) is 13.2 Å². The molecule has 0 spiro atoms. The molecule has 1 fully saturated rings. The largest absolute Gasteiger partial charge is 0.472 e. The van der Waals surface area contributed by atoms with E-state index in [1.54, 1.807) is 13.8 Å². The second-order valence-electron chi connectivity index (χ2n) is 5.87. The van der Waals surface area contributed by atoms with E-state index < -0.39 is 37.0 Å². The Kier molecular flexibility index (Phi) is 6.03. The van der Waals surface area contributed by atoms with Gasteiger partial charge in [0, 0.05) is 18.9 Å². The van der Waals surface area contributed by atoms with Crippen molar-refractivity contribution in [2.45, 2.75) is 45.1 Å². The molecule has 0 amide bonds. The van der Waals surface area contributed by atoms with Gasteiger partial charge in [0.15, 0.2) is 0 Å². The Balaban J connectivity index is 2.28. The summed E-state index contributed by atoms with van der Waals surface area (Å²) in [6.45, 7) is 5.18. The highest BCUT2D eigenvalue weighted by atomic mass is 31.2. The lowest BCUT2D eigenvalue weighted by Crippen LogP contribution is -2.47. The zero-order chi connectivity index (χ0) is 18.8. The highest BCUT2D eigenvalue weighted by Gasteiger charge is 2.49. The van der Waals surface area contributed by atoms with Crippen molar-refractivity contribution in [3.63, 3.8) is 0 Å². The molecule has 0 radical (unpaired) electrons. The van der Waals surface area contributed by atoms with Gasteiger partial charge in [-0.2, -0.15) is 0 Å². The van der Waals surface area contributed by atoms with Gasteiger partial charge < -0.3 is 14.4 Å². The van der Waals surface area contributed by atoms with Gasteiger partial charge in [-0.15, -0.1) is 0 Å². The summed E-state index contributed by atoms with van der Waals surface area (Å²) in [6.07, 6.45) is 0.183. The molecular weight excluding hydrogens is 355 g/mol. The maximum atomic E-state index is 12.0. The molecule has 2 rings (SSSR count). The average molecular weight is 378 g/mol. The molecule has 10 nitrogen and oxygen atoms in total. The van der Waals surface area contributed by atoms with E-state index in [4.69, 9.17) is 14.0 Å². The van der Waals surface area contributed by atoms with Crippen molar-refractivity contribution < 1.29 is 28.0 Å². The Labute approximate surface area is 144 Å². The van der Waals surface area contributed by atoms with Gasteiger partial charge in [-0.05, 0) is 20.3 Å². The van der Waals surface area contributed by atoms with E-state index in [9.17, 15) is 19.0 Å². The number of aryl methyl sites for hydroxylation is 1. The highest BCUT2D eigenvalue weighted by molar-refractivity contribution is 7.47. The molecular formula is C14H23N2O8P. The second-order valence-corrected chi connectivity index (χ2v) is 7.39. The van der Waals surface area contributed by atoms with Crippen LogP contribution < -0.4 is 11.2 Å². The zero-order valence-corrected chi connectivity index (χ0v) is 15.4. The van der Waals surface area contributed by atoms with Crippen LogP contribution in [-0.2, 0) is 23.1 Å². The van der Waals surface area contributed by atoms with Gasteiger partial charge in [0.05, 0.1) is 13.2 Å². The van der Waals surface area contributed by atoms with Crippen LogP contribution in [0.1, 0.15) is 32.1 Å². The van der Waals surface area contributed by atoms with Crippen molar-refractivity contribution in [3.8, 4) is 0 Å². The van der Waals surface area contributed by atoms with E-state index >= 15 is 0 Å². The lowest BCUT2D eigenvalue weighted by atomic mass is 9.97. The quantitative estimate of drug-likeness (QED) is 0.663. The molecule has 0 bridgehead atoms. The second kappa shape index (κ2) is 7.53. The van der Waals surface area contributed by atoms with Crippen molar-refractivity contribution >= 4 is 7.82 Å². The number of aromatic nitrogens is 2. The fourth-order valence-electron chi connectivity index (χ4n) is 2.69. The number of H-pyrrole nitrogens is 1. The van der Waals surface area contributed by atoms with Crippen LogP contribution >= 0.6 is 7.82 Å². The van der Waals surface area contributed by atoms with Crippen LogP contribution in [0, 0.1) is 6.92 Å². The van der Waals surface area contributed by atoms with Crippen LogP contribution in [0.15, 0.2) is 15.8 Å². The summed E-state index contributed by atoms with van der Waals surface area (Å²) >= 11 is 0. The third-order valence-electron chi connectivity index (χ3n) is 4.23. The standard InChI is InChI=1S/C14H23N2O8P/c1-5-14(8-22-7-11(14)24-25(19,20)21-4)23-10(3)16-6-9(2)12(17)15-13(16)18/h6,10-11H,5,7-8H2,1-4H3,(H,19,20)(H,15,17,18)/t10?,11?,14-/m0/s1. The Morgan fingerprint density at radius 2 is 2.24 bits per heavy atom. The van der Waals surface area contributed by atoms with Crippen LogP contribution in [0.3, 0.4) is 0 Å². The monoisotopic (exact) mass is 378 g/mol.